The van der Waals surface area contributed by atoms with E-state index in [1.54, 1.807) is 0 Å². The van der Waals surface area contributed by atoms with Gasteiger partial charge in [-0.25, -0.2) is 9.59 Å². The lowest BCUT2D eigenvalue weighted by atomic mass is 9.87. The Labute approximate surface area is 154 Å². The maximum Gasteiger partial charge on any atom is 0.338 e. The molecule has 0 aliphatic carbocycles. The van der Waals surface area contributed by atoms with Crippen LogP contribution in [0.4, 0.5) is 0 Å². The molecule has 2 aromatic carbocycles. The van der Waals surface area contributed by atoms with E-state index in [-0.39, 0.29) is 11.9 Å². The summed E-state index contributed by atoms with van der Waals surface area (Å²) in [4.78, 5) is 24.6. The highest BCUT2D eigenvalue weighted by atomic mass is 16.5. The average Bonchev–Trinajstić information content (AvgIpc) is 2.58. The average molecular weight is 352 g/mol. The first-order chi connectivity index (χ1) is 12.4. The Balaban J connectivity index is 2.18. The van der Waals surface area contributed by atoms with Crippen LogP contribution in [0.1, 0.15) is 55.8 Å². The number of hydrogen-bond donors (Lipinski definition) is 0. The summed E-state index contributed by atoms with van der Waals surface area (Å²) in [7, 11) is 0. The number of rotatable bonds is 0. The minimum Gasteiger partial charge on any atom is -0.462 e. The highest BCUT2D eigenvalue weighted by Crippen LogP contribution is 2.34. The van der Waals surface area contributed by atoms with Crippen LogP contribution in [0.2, 0.25) is 0 Å². The summed E-state index contributed by atoms with van der Waals surface area (Å²) in [6.07, 6.45) is 1.32. The van der Waals surface area contributed by atoms with Crippen molar-refractivity contribution in [2.75, 3.05) is 13.2 Å². The van der Waals surface area contributed by atoms with Crippen LogP contribution in [-0.4, -0.2) is 25.2 Å². The second-order valence-corrected chi connectivity index (χ2v) is 6.95. The molecule has 0 spiro atoms. The summed E-state index contributed by atoms with van der Waals surface area (Å²) in [6.45, 7) is 8.66. The van der Waals surface area contributed by atoms with Gasteiger partial charge in [-0.1, -0.05) is 0 Å². The van der Waals surface area contributed by atoms with Crippen molar-refractivity contribution in [1.82, 2.24) is 0 Å². The Bertz CT molecular complexity index is 760. The molecule has 0 unspecified atom stereocenters. The van der Waals surface area contributed by atoms with E-state index in [1.165, 1.54) is 0 Å². The third-order valence-corrected chi connectivity index (χ3v) is 4.79. The van der Waals surface area contributed by atoms with E-state index < -0.39 is 0 Å². The molecule has 3 heterocycles. The molecule has 4 heteroatoms. The Hall–Kier alpha value is -2.62. The molecule has 26 heavy (non-hydrogen) atoms. The third kappa shape index (κ3) is 3.50. The molecule has 4 bridgehead atoms. The van der Waals surface area contributed by atoms with Crippen molar-refractivity contribution >= 4 is 11.9 Å². The van der Waals surface area contributed by atoms with Gasteiger partial charge in [0.15, 0.2) is 0 Å². The van der Waals surface area contributed by atoms with Crippen LogP contribution in [0, 0.1) is 27.7 Å². The number of ether oxygens (including phenoxy) is 2. The van der Waals surface area contributed by atoms with Gasteiger partial charge >= 0.3 is 11.9 Å². The van der Waals surface area contributed by atoms with Crippen LogP contribution < -0.4 is 0 Å². The Kier molecular flexibility index (Phi) is 5.12. The highest BCUT2D eigenvalue weighted by molar-refractivity contribution is 5.93. The normalized spacial score (nSPS) is 15.1. The zero-order chi connectivity index (χ0) is 18.8. The van der Waals surface area contributed by atoms with E-state index in [0.717, 1.165) is 33.4 Å². The second-order valence-electron chi connectivity index (χ2n) is 6.95. The van der Waals surface area contributed by atoms with Crippen LogP contribution >= 0.6 is 0 Å². The van der Waals surface area contributed by atoms with Gasteiger partial charge in [-0.3, -0.25) is 0 Å². The van der Waals surface area contributed by atoms with Crippen LogP contribution in [-0.2, 0) is 9.47 Å². The van der Waals surface area contributed by atoms with Crippen molar-refractivity contribution in [2.45, 2.75) is 40.5 Å². The number of aryl methyl sites for hydroxylation is 4. The molecule has 0 aromatic heterocycles. The van der Waals surface area contributed by atoms with E-state index in [9.17, 15) is 9.59 Å². The van der Waals surface area contributed by atoms with Crippen LogP contribution in [0.15, 0.2) is 24.3 Å². The first kappa shape index (κ1) is 18.2. The minimum absolute atomic E-state index is 0.310. The number of hydrogen-bond acceptors (Lipinski definition) is 4. The van der Waals surface area contributed by atoms with Crippen LogP contribution in [0.5, 0.6) is 0 Å². The maximum absolute atomic E-state index is 12.3. The molecular weight excluding hydrogens is 328 g/mol. The fraction of sp³-hybridized carbons (Fsp3) is 0.364. The fourth-order valence-corrected chi connectivity index (χ4v) is 3.65. The summed E-state index contributed by atoms with van der Waals surface area (Å²) < 4.78 is 10.7. The summed E-state index contributed by atoms with van der Waals surface area (Å²) in [5, 5.41) is 0. The van der Waals surface area contributed by atoms with Gasteiger partial charge < -0.3 is 9.47 Å². The van der Waals surface area contributed by atoms with E-state index >= 15 is 0 Å². The summed E-state index contributed by atoms with van der Waals surface area (Å²) >= 11 is 0. The molecule has 136 valence electrons. The Morgan fingerprint density at radius 3 is 1.23 bits per heavy atom. The molecule has 0 fully saturated rings. The van der Waals surface area contributed by atoms with Crippen molar-refractivity contribution in [3.05, 3.63) is 57.6 Å². The Morgan fingerprint density at radius 2 is 0.923 bits per heavy atom. The van der Waals surface area contributed by atoms with Gasteiger partial charge in [0.25, 0.3) is 0 Å². The summed E-state index contributed by atoms with van der Waals surface area (Å²) in [5.41, 5.74) is 7.43. The van der Waals surface area contributed by atoms with E-state index in [4.69, 9.17) is 9.47 Å². The maximum atomic E-state index is 12.3. The predicted molar refractivity (Wildman–Crippen MR) is 101 cm³/mol. The van der Waals surface area contributed by atoms with E-state index in [0.29, 0.717) is 37.2 Å². The van der Waals surface area contributed by atoms with Crippen LogP contribution in [0.3, 0.4) is 0 Å². The van der Waals surface area contributed by atoms with Gasteiger partial charge in [-0.05, 0) is 98.2 Å². The zero-order valence-electron chi connectivity index (χ0n) is 15.8. The highest BCUT2D eigenvalue weighted by Gasteiger charge is 2.18. The lowest BCUT2D eigenvalue weighted by Crippen LogP contribution is -2.11. The van der Waals surface area contributed by atoms with Crippen LogP contribution in [0.25, 0.3) is 11.1 Å². The first-order valence-electron chi connectivity index (χ1n) is 8.95. The fourth-order valence-electron chi connectivity index (χ4n) is 3.65. The third-order valence-electron chi connectivity index (χ3n) is 4.79. The zero-order valence-corrected chi connectivity index (χ0v) is 15.8. The number of carbonyl (C=O) groups excluding carboxylic acids is 2. The predicted octanol–water partition coefficient (Wildman–Crippen LogP) is 4.69. The molecule has 0 saturated heterocycles. The SMILES string of the molecule is Cc1cc2cc(C)c1-c1c(C)cc(cc1C)C(=O)OCCCCOC2=O. The van der Waals surface area contributed by atoms with Crippen molar-refractivity contribution < 1.29 is 19.1 Å². The molecule has 4 nitrogen and oxygen atoms in total. The molecule has 3 aliphatic heterocycles. The monoisotopic (exact) mass is 352 g/mol. The summed E-state index contributed by atoms with van der Waals surface area (Å²) in [6, 6.07) is 7.55. The van der Waals surface area contributed by atoms with Crippen molar-refractivity contribution in [3.63, 3.8) is 0 Å². The standard InChI is InChI=1S/C22H24O4/c1-13-9-17-10-14(2)19(13)20-15(3)11-18(12-16(20)4)22(24)26-8-6-5-7-25-21(17)23/h9-12H,5-8H2,1-4H3. The van der Waals surface area contributed by atoms with Gasteiger partial charge in [0.2, 0.25) is 0 Å². The quantitative estimate of drug-likeness (QED) is 0.645. The number of benzene rings is 2. The van der Waals surface area contributed by atoms with Crippen molar-refractivity contribution in [2.24, 2.45) is 0 Å². The second kappa shape index (κ2) is 7.32. The lowest BCUT2D eigenvalue weighted by molar-refractivity contribution is 0.0432. The number of fused-ring (bicyclic) bond motifs is 2. The lowest BCUT2D eigenvalue weighted by Gasteiger charge is -2.18. The Morgan fingerprint density at radius 1 is 0.615 bits per heavy atom. The first-order valence-corrected chi connectivity index (χ1v) is 8.95. The number of esters is 2. The molecule has 3 aliphatic rings. The van der Waals surface area contributed by atoms with E-state index in [1.807, 2.05) is 52.0 Å². The molecule has 0 atom stereocenters. The molecule has 0 saturated carbocycles. The molecule has 5 rings (SSSR count). The molecule has 0 amide bonds. The van der Waals surface area contributed by atoms with E-state index in [2.05, 4.69) is 0 Å². The molecule has 0 radical (unpaired) electrons. The molecule has 2 aromatic rings. The van der Waals surface area contributed by atoms with Gasteiger partial charge in [0, 0.05) is 0 Å². The topological polar surface area (TPSA) is 52.6 Å². The smallest absolute Gasteiger partial charge is 0.338 e. The van der Waals surface area contributed by atoms with Crippen molar-refractivity contribution in [1.29, 1.82) is 0 Å². The number of carbonyl (C=O) groups is 2. The van der Waals surface area contributed by atoms with Gasteiger partial charge in [-0.15, -0.1) is 0 Å². The van der Waals surface area contributed by atoms with Gasteiger partial charge in [-0.2, -0.15) is 0 Å². The summed E-state index contributed by atoms with van der Waals surface area (Å²) in [5.74, 6) is -0.619. The molecular formula is C22H24O4. The molecule has 0 N–H and O–H groups in total. The minimum atomic E-state index is -0.310. The van der Waals surface area contributed by atoms with Gasteiger partial charge in [0.1, 0.15) is 0 Å². The van der Waals surface area contributed by atoms with Gasteiger partial charge in [0.05, 0.1) is 24.3 Å². The van der Waals surface area contributed by atoms with Crippen molar-refractivity contribution in [3.8, 4) is 11.1 Å². The largest absolute Gasteiger partial charge is 0.462 e.